The predicted molar refractivity (Wildman–Crippen MR) is 65.2 cm³/mol. The van der Waals surface area contributed by atoms with E-state index in [1.807, 2.05) is 32.0 Å². The van der Waals surface area contributed by atoms with Crippen molar-refractivity contribution in [1.29, 1.82) is 0 Å². The highest BCUT2D eigenvalue weighted by Gasteiger charge is 2.13. The van der Waals surface area contributed by atoms with Crippen LogP contribution in [0.5, 0.6) is 0 Å². The van der Waals surface area contributed by atoms with E-state index in [1.165, 1.54) is 0 Å². The van der Waals surface area contributed by atoms with E-state index in [0.29, 0.717) is 0 Å². The summed E-state index contributed by atoms with van der Waals surface area (Å²) in [5, 5.41) is 8.99. The molecule has 0 aliphatic rings. The summed E-state index contributed by atoms with van der Waals surface area (Å²) in [5.74, 6) is -0.938. The summed E-state index contributed by atoms with van der Waals surface area (Å²) in [6.45, 7) is 5.62. The summed E-state index contributed by atoms with van der Waals surface area (Å²) in [7, 11) is 0. The number of aromatic amines is 1. The van der Waals surface area contributed by atoms with Crippen LogP contribution in [0, 0.1) is 20.8 Å². The van der Waals surface area contributed by atoms with E-state index in [-0.39, 0.29) is 5.69 Å². The van der Waals surface area contributed by atoms with Crippen LogP contribution in [0.3, 0.4) is 0 Å². The Morgan fingerprint density at radius 3 is 2.53 bits per heavy atom. The monoisotopic (exact) mass is 230 g/mol. The van der Waals surface area contributed by atoms with Crippen molar-refractivity contribution in [3.8, 4) is 11.3 Å². The molecule has 88 valence electrons. The van der Waals surface area contributed by atoms with Gasteiger partial charge in [0.2, 0.25) is 0 Å². The van der Waals surface area contributed by atoms with Gasteiger partial charge in [0, 0.05) is 22.6 Å². The van der Waals surface area contributed by atoms with E-state index in [4.69, 9.17) is 5.11 Å². The van der Waals surface area contributed by atoms with Crippen LogP contribution in [0.4, 0.5) is 0 Å². The van der Waals surface area contributed by atoms with Crippen molar-refractivity contribution in [3.63, 3.8) is 0 Å². The number of carbonyl (C=O) groups is 1. The van der Waals surface area contributed by atoms with Crippen molar-refractivity contribution in [1.82, 2.24) is 9.97 Å². The van der Waals surface area contributed by atoms with E-state index in [2.05, 4.69) is 9.97 Å². The minimum Gasteiger partial charge on any atom is -0.477 e. The summed E-state index contributed by atoms with van der Waals surface area (Å²) >= 11 is 0. The van der Waals surface area contributed by atoms with Crippen LogP contribution >= 0.6 is 0 Å². The second-order valence-corrected chi connectivity index (χ2v) is 4.13. The van der Waals surface area contributed by atoms with Crippen LogP contribution in [0.1, 0.15) is 27.4 Å². The lowest BCUT2D eigenvalue weighted by Crippen LogP contribution is -1.98. The highest BCUT2D eigenvalue weighted by atomic mass is 16.4. The zero-order chi connectivity index (χ0) is 12.6. The fourth-order valence-electron chi connectivity index (χ4n) is 1.90. The Balaban J connectivity index is 2.53. The highest BCUT2D eigenvalue weighted by Crippen LogP contribution is 2.24. The minimum absolute atomic E-state index is 0.236. The van der Waals surface area contributed by atoms with Crippen molar-refractivity contribution in [2.75, 3.05) is 0 Å². The van der Waals surface area contributed by atoms with Crippen molar-refractivity contribution in [2.45, 2.75) is 20.8 Å². The summed E-state index contributed by atoms with van der Waals surface area (Å²) < 4.78 is 0. The van der Waals surface area contributed by atoms with Gasteiger partial charge in [0.15, 0.2) is 0 Å². The Hall–Kier alpha value is -2.10. The molecule has 0 radical (unpaired) electrons. The van der Waals surface area contributed by atoms with Gasteiger partial charge in [-0.1, -0.05) is 0 Å². The molecule has 4 heteroatoms. The smallest absolute Gasteiger partial charge is 0.352 e. The third kappa shape index (κ3) is 2.06. The second-order valence-electron chi connectivity index (χ2n) is 4.13. The van der Waals surface area contributed by atoms with E-state index in [9.17, 15) is 4.79 Å². The molecule has 4 nitrogen and oxygen atoms in total. The third-order valence-electron chi connectivity index (χ3n) is 2.74. The first-order chi connectivity index (χ1) is 7.99. The molecule has 17 heavy (non-hydrogen) atoms. The number of nitrogens with one attached hydrogen (secondary N) is 1. The van der Waals surface area contributed by atoms with Gasteiger partial charge in [0.25, 0.3) is 0 Å². The summed E-state index contributed by atoms with van der Waals surface area (Å²) in [4.78, 5) is 18.2. The van der Waals surface area contributed by atoms with Gasteiger partial charge in [-0.15, -0.1) is 0 Å². The Morgan fingerprint density at radius 1 is 1.29 bits per heavy atom. The lowest BCUT2D eigenvalue weighted by atomic mass is 10.1. The number of carboxylic acid groups (broad SMARTS) is 1. The van der Waals surface area contributed by atoms with E-state index < -0.39 is 5.97 Å². The number of rotatable bonds is 2. The molecule has 2 aromatic heterocycles. The molecule has 0 fully saturated rings. The maximum absolute atomic E-state index is 11.0. The Morgan fingerprint density at radius 2 is 2.00 bits per heavy atom. The average Bonchev–Trinajstić information content (AvgIpc) is 2.60. The second kappa shape index (κ2) is 4.05. The molecule has 0 saturated heterocycles. The van der Waals surface area contributed by atoms with Gasteiger partial charge in [-0.2, -0.15) is 0 Å². The molecule has 0 unspecified atom stereocenters. The number of hydrogen-bond donors (Lipinski definition) is 2. The maximum atomic E-state index is 11.0. The number of pyridine rings is 1. The van der Waals surface area contributed by atoms with Gasteiger partial charge in [0.05, 0.1) is 0 Å². The quantitative estimate of drug-likeness (QED) is 0.833. The van der Waals surface area contributed by atoms with Crippen LogP contribution in [0.15, 0.2) is 18.2 Å². The molecular formula is C13H14N2O2. The Kier molecular flexibility index (Phi) is 2.71. The molecule has 0 saturated carbocycles. The van der Waals surface area contributed by atoms with E-state index in [1.54, 1.807) is 6.92 Å². The third-order valence-corrected chi connectivity index (χ3v) is 2.74. The molecule has 0 aliphatic heterocycles. The topological polar surface area (TPSA) is 66.0 Å². The first-order valence-corrected chi connectivity index (χ1v) is 5.36. The van der Waals surface area contributed by atoms with Crippen LogP contribution in [0.2, 0.25) is 0 Å². The minimum atomic E-state index is -0.938. The molecular weight excluding hydrogens is 216 g/mol. The fourth-order valence-corrected chi connectivity index (χ4v) is 1.90. The maximum Gasteiger partial charge on any atom is 0.352 e. The van der Waals surface area contributed by atoms with Gasteiger partial charge >= 0.3 is 5.97 Å². The molecule has 0 spiro atoms. The van der Waals surface area contributed by atoms with Crippen LogP contribution < -0.4 is 0 Å². The van der Waals surface area contributed by atoms with Crippen molar-refractivity contribution in [3.05, 3.63) is 40.8 Å². The molecule has 0 amide bonds. The number of aromatic carboxylic acids is 1. The number of H-pyrrole nitrogens is 1. The van der Waals surface area contributed by atoms with Crippen molar-refractivity contribution < 1.29 is 9.90 Å². The zero-order valence-electron chi connectivity index (χ0n) is 10.0. The number of carboxylic acids is 1. The lowest BCUT2D eigenvalue weighted by molar-refractivity contribution is 0.0690. The number of nitrogens with zero attached hydrogens (tertiary/aromatic N) is 1. The molecule has 2 heterocycles. The number of aryl methyl sites for hydroxylation is 3. The molecule has 2 N–H and O–H groups in total. The van der Waals surface area contributed by atoms with Crippen LogP contribution in [-0.4, -0.2) is 21.0 Å². The van der Waals surface area contributed by atoms with Crippen molar-refractivity contribution >= 4 is 5.97 Å². The number of hydrogen-bond acceptors (Lipinski definition) is 2. The van der Waals surface area contributed by atoms with Gasteiger partial charge in [0.1, 0.15) is 5.69 Å². The first kappa shape index (κ1) is 11.4. The molecule has 2 rings (SSSR count). The largest absolute Gasteiger partial charge is 0.477 e. The van der Waals surface area contributed by atoms with Crippen LogP contribution in [0.25, 0.3) is 11.3 Å². The normalized spacial score (nSPS) is 10.5. The highest BCUT2D eigenvalue weighted by molar-refractivity contribution is 5.88. The SMILES string of the molecule is Cc1ccc(-c2cc(C)c(C(=O)O)[nH]2)c(C)n1. The zero-order valence-corrected chi connectivity index (χ0v) is 10.0. The summed E-state index contributed by atoms with van der Waals surface area (Å²) in [6, 6.07) is 5.70. The van der Waals surface area contributed by atoms with Gasteiger partial charge in [-0.25, -0.2) is 4.79 Å². The van der Waals surface area contributed by atoms with E-state index in [0.717, 1.165) is 28.2 Å². The van der Waals surface area contributed by atoms with Gasteiger partial charge < -0.3 is 10.1 Å². The fraction of sp³-hybridized carbons (Fsp3) is 0.231. The van der Waals surface area contributed by atoms with Crippen molar-refractivity contribution in [2.24, 2.45) is 0 Å². The number of aromatic nitrogens is 2. The lowest BCUT2D eigenvalue weighted by Gasteiger charge is -2.03. The summed E-state index contributed by atoms with van der Waals surface area (Å²) in [5.41, 5.74) is 4.54. The summed E-state index contributed by atoms with van der Waals surface area (Å²) in [6.07, 6.45) is 0. The molecule has 0 aromatic carbocycles. The van der Waals surface area contributed by atoms with E-state index >= 15 is 0 Å². The predicted octanol–water partition coefficient (Wildman–Crippen LogP) is 2.70. The van der Waals surface area contributed by atoms with Gasteiger partial charge in [-0.05, 0) is 44.5 Å². The molecule has 0 bridgehead atoms. The Labute approximate surface area is 99.3 Å². The standard InChI is InChI=1S/C13H14N2O2/c1-7-6-11(15-12(7)13(16)17)10-5-4-8(2)14-9(10)3/h4-6,15H,1-3H3,(H,16,17). The van der Waals surface area contributed by atoms with Crippen LogP contribution in [-0.2, 0) is 0 Å². The molecule has 0 aliphatic carbocycles. The first-order valence-electron chi connectivity index (χ1n) is 5.36. The molecule has 2 aromatic rings. The molecule has 0 atom stereocenters. The average molecular weight is 230 g/mol. The Bertz CT molecular complexity index is 585. The van der Waals surface area contributed by atoms with Gasteiger partial charge in [-0.3, -0.25) is 4.98 Å².